The minimum atomic E-state index is 0. The summed E-state index contributed by atoms with van der Waals surface area (Å²) >= 11 is 0. The highest BCUT2D eigenvalue weighted by Crippen LogP contribution is 2.29. The first kappa shape index (κ1) is 17.4. The van der Waals surface area contributed by atoms with E-state index in [-0.39, 0.29) is 27.8 Å². The van der Waals surface area contributed by atoms with Gasteiger partial charge in [-0.2, -0.15) is 0 Å². The summed E-state index contributed by atoms with van der Waals surface area (Å²) in [4.78, 5) is 6.98. The second-order valence-electron chi connectivity index (χ2n) is 6.99. The van der Waals surface area contributed by atoms with Gasteiger partial charge in [-0.1, -0.05) is 41.5 Å². The minimum absolute atomic E-state index is 0. The van der Waals surface area contributed by atoms with Crippen molar-refractivity contribution in [2.45, 2.75) is 52.4 Å². The zero-order valence-electron chi connectivity index (χ0n) is 13.0. The highest BCUT2D eigenvalue weighted by atomic mass is 79.9. The van der Waals surface area contributed by atoms with E-state index in [4.69, 9.17) is 4.98 Å². The van der Waals surface area contributed by atoms with Crippen LogP contribution in [0.4, 0.5) is 5.69 Å². The summed E-state index contributed by atoms with van der Waals surface area (Å²) in [5.74, 6) is 0. The van der Waals surface area contributed by atoms with Crippen molar-refractivity contribution >= 4 is 22.7 Å². The molecule has 18 heavy (non-hydrogen) atoms. The quantitative estimate of drug-likeness (QED) is 0.767. The van der Waals surface area contributed by atoms with Crippen LogP contribution >= 0.6 is 17.0 Å². The molecule has 0 aliphatic rings. The zero-order valence-corrected chi connectivity index (χ0v) is 14.7. The molecule has 0 aromatic carbocycles. The Balaban J connectivity index is 0.00000289. The number of pyridine rings is 1. The number of rotatable bonds is 1. The summed E-state index contributed by atoms with van der Waals surface area (Å²) in [5, 5.41) is 0. The molecule has 1 heterocycles. The lowest BCUT2D eigenvalue weighted by Gasteiger charge is -2.26. The molecule has 0 spiro atoms. The topological polar surface area (TPSA) is 16.1 Å². The van der Waals surface area contributed by atoms with E-state index in [2.05, 4.69) is 72.7 Å². The highest BCUT2D eigenvalue weighted by molar-refractivity contribution is 8.93. The Labute approximate surface area is 123 Å². The van der Waals surface area contributed by atoms with E-state index >= 15 is 0 Å². The van der Waals surface area contributed by atoms with Gasteiger partial charge in [0.1, 0.15) is 0 Å². The van der Waals surface area contributed by atoms with E-state index in [0.717, 1.165) is 11.4 Å². The smallest absolute Gasteiger partial charge is 0.0481 e. The van der Waals surface area contributed by atoms with E-state index in [1.165, 1.54) is 5.69 Å². The van der Waals surface area contributed by atoms with Gasteiger partial charge in [-0.3, -0.25) is 4.98 Å². The van der Waals surface area contributed by atoms with Crippen LogP contribution in [0, 0.1) is 0 Å². The second-order valence-corrected chi connectivity index (χ2v) is 6.99. The van der Waals surface area contributed by atoms with Crippen LogP contribution in [0.2, 0.25) is 0 Å². The fourth-order valence-electron chi connectivity index (χ4n) is 1.54. The number of halogens is 1. The molecule has 0 saturated heterocycles. The fraction of sp³-hybridized carbons (Fsp3) is 0.667. The number of hydrogen-bond donors (Lipinski definition) is 0. The molecule has 0 fully saturated rings. The molecule has 0 amide bonds. The van der Waals surface area contributed by atoms with Crippen LogP contribution in [-0.4, -0.2) is 19.1 Å². The Morgan fingerprint density at radius 3 is 1.39 bits per heavy atom. The minimum Gasteiger partial charge on any atom is -0.378 e. The molecular weight excluding hydrogens is 288 g/mol. The Bertz CT molecular complexity index is 366. The van der Waals surface area contributed by atoms with Crippen LogP contribution in [0.5, 0.6) is 0 Å². The van der Waals surface area contributed by atoms with Crippen molar-refractivity contribution in [1.82, 2.24) is 4.98 Å². The van der Waals surface area contributed by atoms with Crippen molar-refractivity contribution in [3.05, 3.63) is 23.5 Å². The maximum Gasteiger partial charge on any atom is 0.0481 e. The second kappa shape index (κ2) is 5.60. The van der Waals surface area contributed by atoms with Crippen molar-refractivity contribution in [3.63, 3.8) is 0 Å². The molecule has 0 N–H and O–H groups in total. The molecular formula is C15H27BrN2. The predicted molar refractivity (Wildman–Crippen MR) is 86.3 cm³/mol. The maximum atomic E-state index is 4.83. The van der Waals surface area contributed by atoms with Crippen molar-refractivity contribution < 1.29 is 0 Å². The molecule has 104 valence electrons. The van der Waals surface area contributed by atoms with Gasteiger partial charge in [-0.05, 0) is 12.1 Å². The summed E-state index contributed by atoms with van der Waals surface area (Å²) in [6.07, 6.45) is 0. The van der Waals surface area contributed by atoms with Gasteiger partial charge in [0.05, 0.1) is 0 Å². The van der Waals surface area contributed by atoms with Crippen LogP contribution in [0.1, 0.15) is 52.9 Å². The number of aromatic nitrogens is 1. The van der Waals surface area contributed by atoms with Gasteiger partial charge >= 0.3 is 0 Å². The van der Waals surface area contributed by atoms with Gasteiger partial charge < -0.3 is 4.90 Å². The van der Waals surface area contributed by atoms with Crippen molar-refractivity contribution in [2.75, 3.05) is 19.0 Å². The first-order chi connectivity index (χ1) is 7.51. The third-order valence-electron chi connectivity index (χ3n) is 2.86. The first-order valence-electron chi connectivity index (χ1n) is 6.22. The number of nitrogens with zero attached hydrogens (tertiary/aromatic N) is 2. The standard InChI is InChI=1S/C15H26N2.BrH/c1-14(2,3)12-9-11(17(7)8)10-13(16-12)15(4,5)6;/h9-10H,1-8H3;1H. The Morgan fingerprint density at radius 2 is 1.17 bits per heavy atom. The van der Waals surface area contributed by atoms with Gasteiger partial charge in [0.2, 0.25) is 0 Å². The third kappa shape index (κ3) is 4.27. The van der Waals surface area contributed by atoms with E-state index in [1.54, 1.807) is 0 Å². The van der Waals surface area contributed by atoms with Crippen molar-refractivity contribution in [1.29, 1.82) is 0 Å². The summed E-state index contributed by atoms with van der Waals surface area (Å²) in [7, 11) is 4.16. The molecule has 3 heteroatoms. The summed E-state index contributed by atoms with van der Waals surface area (Å²) in [5.41, 5.74) is 3.73. The van der Waals surface area contributed by atoms with Crippen LogP contribution in [0.3, 0.4) is 0 Å². The fourth-order valence-corrected chi connectivity index (χ4v) is 1.54. The molecule has 0 aliphatic heterocycles. The zero-order chi connectivity index (χ0) is 13.4. The molecule has 0 aliphatic carbocycles. The van der Waals surface area contributed by atoms with Gasteiger partial charge in [0.15, 0.2) is 0 Å². The maximum absolute atomic E-state index is 4.83. The Kier molecular flexibility index (Phi) is 5.42. The molecule has 2 nitrogen and oxygen atoms in total. The van der Waals surface area contributed by atoms with Crippen LogP contribution < -0.4 is 4.90 Å². The molecule has 1 aromatic heterocycles. The summed E-state index contributed by atoms with van der Waals surface area (Å²) in [6.45, 7) is 13.3. The largest absolute Gasteiger partial charge is 0.378 e. The Morgan fingerprint density at radius 1 is 0.833 bits per heavy atom. The lowest BCUT2D eigenvalue weighted by molar-refractivity contribution is 0.531. The first-order valence-corrected chi connectivity index (χ1v) is 6.22. The SMILES string of the molecule is Br.CN(C)c1cc(C(C)(C)C)nc(C(C)(C)C)c1. The normalized spacial score (nSPS) is 12.0. The highest BCUT2D eigenvalue weighted by Gasteiger charge is 2.22. The van der Waals surface area contributed by atoms with Crippen molar-refractivity contribution in [3.8, 4) is 0 Å². The molecule has 0 atom stereocenters. The Hall–Kier alpha value is -0.570. The van der Waals surface area contributed by atoms with Crippen LogP contribution in [0.15, 0.2) is 12.1 Å². The molecule has 0 saturated carbocycles. The van der Waals surface area contributed by atoms with E-state index in [0.29, 0.717) is 0 Å². The van der Waals surface area contributed by atoms with Gasteiger partial charge in [0.25, 0.3) is 0 Å². The molecule has 1 rings (SSSR count). The molecule has 1 aromatic rings. The van der Waals surface area contributed by atoms with E-state index in [1.807, 2.05) is 0 Å². The van der Waals surface area contributed by atoms with Crippen LogP contribution in [0.25, 0.3) is 0 Å². The molecule has 0 bridgehead atoms. The van der Waals surface area contributed by atoms with Gasteiger partial charge in [-0.15, -0.1) is 17.0 Å². The molecule has 0 unspecified atom stereocenters. The number of hydrogen-bond acceptors (Lipinski definition) is 2. The monoisotopic (exact) mass is 314 g/mol. The van der Waals surface area contributed by atoms with Crippen LogP contribution in [-0.2, 0) is 10.8 Å². The van der Waals surface area contributed by atoms with Gasteiger partial charge in [0, 0.05) is 42.0 Å². The average Bonchev–Trinajstić information content (AvgIpc) is 2.14. The van der Waals surface area contributed by atoms with Crippen molar-refractivity contribution in [2.24, 2.45) is 0 Å². The van der Waals surface area contributed by atoms with Gasteiger partial charge in [-0.25, -0.2) is 0 Å². The third-order valence-corrected chi connectivity index (χ3v) is 2.86. The molecule has 0 radical (unpaired) electrons. The summed E-state index contributed by atoms with van der Waals surface area (Å²) in [6, 6.07) is 4.38. The van der Waals surface area contributed by atoms with E-state index in [9.17, 15) is 0 Å². The summed E-state index contributed by atoms with van der Waals surface area (Å²) < 4.78 is 0. The average molecular weight is 315 g/mol. The van der Waals surface area contributed by atoms with E-state index < -0.39 is 0 Å². The lowest BCUT2D eigenvalue weighted by Crippen LogP contribution is -2.22. The lowest BCUT2D eigenvalue weighted by atomic mass is 9.87. The number of anilines is 1. The predicted octanol–water partition coefficient (Wildman–Crippen LogP) is 4.32.